The summed E-state index contributed by atoms with van der Waals surface area (Å²) in [5.74, 6) is -4.36. The summed E-state index contributed by atoms with van der Waals surface area (Å²) in [6.07, 6.45) is -9.95. The molecule has 2 saturated heterocycles. The van der Waals surface area contributed by atoms with Crippen molar-refractivity contribution in [2.24, 2.45) is 11.7 Å². The minimum atomic E-state index is -1.88. The van der Waals surface area contributed by atoms with Crippen LogP contribution in [0.1, 0.15) is 6.23 Å². The quantitative estimate of drug-likeness (QED) is 0.128. The van der Waals surface area contributed by atoms with Gasteiger partial charge in [-0.25, -0.2) is 4.79 Å². The van der Waals surface area contributed by atoms with Crippen molar-refractivity contribution in [3.05, 3.63) is 56.0 Å². The summed E-state index contributed by atoms with van der Waals surface area (Å²) in [6, 6.07) is 0.0380. The number of carbonyl (C=O) groups excluding carboxylic acids is 3. The Bertz CT molecular complexity index is 1410. The third-order valence-corrected chi connectivity index (χ3v) is 9.28. The van der Waals surface area contributed by atoms with E-state index >= 15 is 0 Å². The second-order valence-corrected chi connectivity index (χ2v) is 11.7. The largest absolute Gasteiger partial charge is 0.456 e. The smallest absolute Gasteiger partial charge is 0.330 e. The molecule has 2 unspecified atom stereocenters. The van der Waals surface area contributed by atoms with Gasteiger partial charge in [-0.2, -0.15) is 0 Å². The Hall–Kier alpha value is -3.17. The number of aliphatic hydroxyl groups is 4. The first-order chi connectivity index (χ1) is 19.5. The van der Waals surface area contributed by atoms with Crippen LogP contribution in [0.15, 0.2) is 44.8 Å². The van der Waals surface area contributed by atoms with Gasteiger partial charge in [0, 0.05) is 29.3 Å². The molecule has 5 heterocycles. The standard InChI is InChI=1S/C22H25N5O12S2/c23-17(33)15(14-6(4-28)12(31)20(38-14)27-2-1-10(30)25-22(27)36)39-21-13(32)8(29)3-9(37-21)18(34)26-11-16-7(5-40-41-16)24-19(11)35/h1-3,5-6,8,11-16,20-21,28-29,31-32H,4H2,(H2,23,33)(H,24,35)(H,26,34)(H,25,30,36)/t6-,8-,11?,12+,13-,14-,15+,16?,20+,21+/m0/s1. The van der Waals surface area contributed by atoms with E-state index in [1.165, 1.54) is 21.6 Å². The number of aromatic nitrogens is 2. The molecule has 5 rings (SSSR count). The van der Waals surface area contributed by atoms with Gasteiger partial charge in [-0.05, 0) is 6.08 Å². The summed E-state index contributed by atoms with van der Waals surface area (Å²) in [7, 11) is 2.73. The van der Waals surface area contributed by atoms with Gasteiger partial charge in [0.1, 0.15) is 30.5 Å². The highest BCUT2D eigenvalue weighted by Crippen LogP contribution is 2.44. The highest BCUT2D eigenvalue weighted by Gasteiger charge is 2.52. The Kier molecular flexibility index (Phi) is 8.30. The second kappa shape index (κ2) is 11.6. The molecular formula is C22H25N5O12S2. The molecule has 2 fully saturated rings. The lowest BCUT2D eigenvalue weighted by Gasteiger charge is -2.35. The van der Waals surface area contributed by atoms with Crippen LogP contribution in [-0.2, 0) is 28.6 Å². The molecule has 4 aliphatic heterocycles. The van der Waals surface area contributed by atoms with E-state index in [4.69, 9.17) is 19.9 Å². The van der Waals surface area contributed by atoms with Crippen molar-refractivity contribution in [2.45, 2.75) is 54.3 Å². The molecule has 0 spiro atoms. The first-order valence-corrected chi connectivity index (χ1v) is 14.4. The molecule has 4 aliphatic rings. The zero-order valence-electron chi connectivity index (χ0n) is 20.7. The van der Waals surface area contributed by atoms with E-state index in [1.54, 1.807) is 5.41 Å². The molecule has 17 nitrogen and oxygen atoms in total. The first kappa shape index (κ1) is 29.3. The summed E-state index contributed by atoms with van der Waals surface area (Å²) >= 11 is 0. The van der Waals surface area contributed by atoms with E-state index in [-0.39, 0.29) is 5.25 Å². The number of H-pyrrole nitrogens is 1. The number of hydrogen-bond donors (Lipinski definition) is 8. The SMILES string of the molecule is NC(=O)[C@H](O[C@H]1OC(C(=O)NC2C(=O)NC3=CSSC32)=C[C@H](O)[C@@H]1O)[C@H]1O[C@@H](n2ccc(=O)[nH]c2=O)[C@H](O)[C@@H]1CO. The minimum Gasteiger partial charge on any atom is -0.456 e. The van der Waals surface area contributed by atoms with Crippen LogP contribution in [0, 0.1) is 5.92 Å². The Morgan fingerprint density at radius 3 is 2.66 bits per heavy atom. The zero-order chi connectivity index (χ0) is 29.6. The number of fused-ring (bicyclic) bond motifs is 1. The molecule has 10 atom stereocenters. The zero-order valence-corrected chi connectivity index (χ0v) is 22.3. The molecule has 0 radical (unpaired) electrons. The Balaban J connectivity index is 1.33. The number of aromatic amines is 1. The molecule has 0 aromatic carbocycles. The number of primary amides is 1. The molecule has 1 aromatic heterocycles. The second-order valence-electron chi connectivity index (χ2n) is 9.43. The lowest BCUT2D eigenvalue weighted by Crippen LogP contribution is -2.53. The van der Waals surface area contributed by atoms with Gasteiger partial charge in [-0.15, -0.1) is 0 Å². The number of nitrogens with one attached hydrogen (secondary N) is 3. The van der Waals surface area contributed by atoms with Crippen LogP contribution in [0.2, 0.25) is 0 Å². The van der Waals surface area contributed by atoms with Gasteiger partial charge < -0.3 is 51.0 Å². The van der Waals surface area contributed by atoms with Gasteiger partial charge in [-0.1, -0.05) is 21.6 Å². The van der Waals surface area contributed by atoms with Gasteiger partial charge in [0.25, 0.3) is 11.5 Å². The average Bonchev–Trinajstić information content (AvgIpc) is 3.58. The van der Waals surface area contributed by atoms with Crippen LogP contribution in [0.5, 0.6) is 0 Å². The van der Waals surface area contributed by atoms with Crippen molar-refractivity contribution in [1.29, 1.82) is 0 Å². The fourth-order valence-electron chi connectivity index (χ4n) is 4.76. The number of nitrogens with two attached hydrogens (primary N) is 1. The Labute approximate surface area is 237 Å². The van der Waals surface area contributed by atoms with Gasteiger partial charge in [0.15, 0.2) is 18.1 Å². The number of carbonyl (C=O) groups is 3. The summed E-state index contributed by atoms with van der Waals surface area (Å²) in [5, 5.41) is 48.1. The summed E-state index contributed by atoms with van der Waals surface area (Å²) in [4.78, 5) is 63.4. The van der Waals surface area contributed by atoms with Crippen molar-refractivity contribution in [1.82, 2.24) is 20.2 Å². The van der Waals surface area contributed by atoms with Crippen molar-refractivity contribution in [2.75, 3.05) is 6.61 Å². The molecular weight excluding hydrogens is 590 g/mol. The van der Waals surface area contributed by atoms with Crippen LogP contribution < -0.4 is 27.6 Å². The average molecular weight is 616 g/mol. The van der Waals surface area contributed by atoms with E-state index in [0.717, 1.165) is 22.9 Å². The molecule has 3 amide bonds. The van der Waals surface area contributed by atoms with Crippen LogP contribution in [-0.4, -0.2) is 102 Å². The number of rotatable bonds is 8. The summed E-state index contributed by atoms with van der Waals surface area (Å²) in [5.41, 5.74) is 4.48. The molecule has 41 heavy (non-hydrogen) atoms. The van der Waals surface area contributed by atoms with E-state index in [9.17, 15) is 44.4 Å². The maximum Gasteiger partial charge on any atom is 0.330 e. The summed E-state index contributed by atoms with van der Waals surface area (Å²) < 4.78 is 17.5. The molecule has 0 saturated carbocycles. The first-order valence-electron chi connectivity index (χ1n) is 12.1. The van der Waals surface area contributed by atoms with E-state index < -0.39 is 96.3 Å². The van der Waals surface area contributed by atoms with Gasteiger partial charge >= 0.3 is 5.69 Å². The molecule has 0 aliphatic carbocycles. The van der Waals surface area contributed by atoms with E-state index in [0.29, 0.717) is 5.70 Å². The molecule has 1 aromatic rings. The number of ether oxygens (including phenoxy) is 3. The predicted molar refractivity (Wildman–Crippen MR) is 138 cm³/mol. The van der Waals surface area contributed by atoms with Gasteiger partial charge in [0.05, 0.1) is 11.9 Å². The normalized spacial score (nSPS) is 35.1. The van der Waals surface area contributed by atoms with Crippen LogP contribution in [0.4, 0.5) is 0 Å². The number of hydrogen-bond acceptors (Lipinski definition) is 14. The fraction of sp³-hybridized carbons (Fsp3) is 0.500. The fourth-order valence-corrected chi connectivity index (χ4v) is 7.34. The van der Waals surface area contributed by atoms with Crippen molar-refractivity contribution >= 4 is 39.3 Å². The lowest BCUT2D eigenvalue weighted by molar-refractivity contribution is -0.239. The number of amides is 3. The molecule has 19 heteroatoms. The van der Waals surface area contributed by atoms with Crippen molar-refractivity contribution in [3.8, 4) is 0 Å². The lowest BCUT2D eigenvalue weighted by atomic mass is 9.94. The molecule has 222 valence electrons. The van der Waals surface area contributed by atoms with Gasteiger partial charge in [-0.3, -0.25) is 28.7 Å². The third-order valence-electron chi connectivity index (χ3n) is 6.84. The maximum atomic E-state index is 13.0. The topological polar surface area (TPSA) is 265 Å². The Morgan fingerprint density at radius 2 is 1.98 bits per heavy atom. The van der Waals surface area contributed by atoms with Crippen molar-refractivity contribution in [3.63, 3.8) is 0 Å². The number of nitrogens with zero attached hydrogens (tertiary/aromatic N) is 1. The van der Waals surface area contributed by atoms with Crippen LogP contribution in [0.3, 0.4) is 0 Å². The predicted octanol–water partition coefficient (Wildman–Crippen LogP) is -4.54. The van der Waals surface area contributed by atoms with Crippen molar-refractivity contribution < 1.29 is 49.0 Å². The Morgan fingerprint density at radius 1 is 1.22 bits per heavy atom. The highest BCUT2D eigenvalue weighted by atomic mass is 33.1. The third kappa shape index (κ3) is 5.54. The molecule has 0 bridgehead atoms. The van der Waals surface area contributed by atoms with Gasteiger partial charge in [0.2, 0.25) is 18.1 Å². The van der Waals surface area contributed by atoms with Crippen LogP contribution in [0.25, 0.3) is 0 Å². The van der Waals surface area contributed by atoms with E-state index in [1.807, 2.05) is 4.98 Å². The van der Waals surface area contributed by atoms with E-state index in [2.05, 4.69) is 10.6 Å². The maximum absolute atomic E-state index is 13.0. The number of aliphatic hydroxyl groups excluding tert-OH is 4. The molecule has 9 N–H and O–H groups in total. The highest BCUT2D eigenvalue weighted by molar-refractivity contribution is 8.78. The summed E-state index contributed by atoms with van der Waals surface area (Å²) in [6.45, 7) is -0.769. The monoisotopic (exact) mass is 615 g/mol. The minimum absolute atomic E-state index is 0.369. The van der Waals surface area contributed by atoms with Crippen LogP contribution >= 0.6 is 21.6 Å².